The largest absolute Gasteiger partial charge is 0.486 e. The van der Waals surface area contributed by atoms with E-state index in [-0.39, 0.29) is 18.0 Å². The molecule has 7 heteroatoms. The van der Waals surface area contributed by atoms with Crippen LogP contribution in [0.15, 0.2) is 34.1 Å². The summed E-state index contributed by atoms with van der Waals surface area (Å²) in [5, 5.41) is 0. The van der Waals surface area contributed by atoms with Gasteiger partial charge in [-0.1, -0.05) is 0 Å². The van der Waals surface area contributed by atoms with Gasteiger partial charge in [0.1, 0.15) is 12.4 Å². The normalized spacial score (nSPS) is 11.6. The quantitative estimate of drug-likeness (QED) is 0.814. The fourth-order valence-electron chi connectivity index (χ4n) is 1.43. The van der Waals surface area contributed by atoms with Gasteiger partial charge in [-0.25, -0.2) is 0 Å². The Hall–Kier alpha value is -1.21. The summed E-state index contributed by atoms with van der Waals surface area (Å²) < 4.78 is 43.7. The molecule has 102 valence electrons. The van der Waals surface area contributed by atoms with Crippen molar-refractivity contribution in [1.82, 2.24) is 0 Å². The van der Waals surface area contributed by atoms with E-state index < -0.39 is 11.7 Å². The van der Waals surface area contributed by atoms with Gasteiger partial charge in [0.05, 0.1) is 15.0 Å². The molecule has 2 aromatic rings. The molecule has 0 aliphatic rings. The minimum absolute atomic E-state index is 0.0227. The number of hydrogen-bond acceptors (Lipinski definition) is 3. The van der Waals surface area contributed by atoms with Crippen molar-refractivity contribution in [1.29, 1.82) is 0 Å². The lowest BCUT2D eigenvalue weighted by Gasteiger charge is -2.11. The second kappa shape index (κ2) is 5.42. The van der Waals surface area contributed by atoms with Crippen LogP contribution in [0.25, 0.3) is 0 Å². The van der Waals surface area contributed by atoms with Gasteiger partial charge in [0.25, 0.3) is 0 Å². The van der Waals surface area contributed by atoms with E-state index in [0.29, 0.717) is 0 Å². The van der Waals surface area contributed by atoms with Gasteiger partial charge in [-0.05, 0) is 46.3 Å². The van der Waals surface area contributed by atoms with Crippen LogP contribution in [-0.4, -0.2) is 0 Å². The maximum absolute atomic E-state index is 12.5. The summed E-state index contributed by atoms with van der Waals surface area (Å²) in [6, 6.07) is 6.81. The Bertz CT molecular complexity index is 583. The number of benzene rings is 1. The Kier molecular flexibility index (Phi) is 4.05. The van der Waals surface area contributed by atoms with Crippen LogP contribution in [0.5, 0.6) is 5.75 Å². The molecule has 1 heterocycles. The topological polar surface area (TPSA) is 35.2 Å². The smallest absolute Gasteiger partial charge is 0.416 e. The zero-order valence-corrected chi connectivity index (χ0v) is 11.9. The highest BCUT2D eigenvalue weighted by Crippen LogP contribution is 2.34. The van der Waals surface area contributed by atoms with E-state index in [2.05, 4.69) is 15.9 Å². The molecule has 1 aromatic carbocycles. The molecule has 2 N–H and O–H groups in total. The van der Waals surface area contributed by atoms with Crippen molar-refractivity contribution < 1.29 is 17.9 Å². The highest BCUT2D eigenvalue weighted by molar-refractivity contribution is 9.11. The van der Waals surface area contributed by atoms with Crippen molar-refractivity contribution in [2.24, 2.45) is 0 Å². The van der Waals surface area contributed by atoms with Crippen LogP contribution in [-0.2, 0) is 12.8 Å². The third-order valence-corrected chi connectivity index (χ3v) is 3.93. The van der Waals surface area contributed by atoms with Gasteiger partial charge < -0.3 is 10.5 Å². The third-order valence-electron chi connectivity index (χ3n) is 2.34. The number of nitrogens with two attached hydrogens (primary N) is 1. The lowest BCUT2D eigenvalue weighted by molar-refractivity contribution is -0.137. The summed E-state index contributed by atoms with van der Waals surface area (Å²) >= 11 is 4.81. The predicted octanol–water partition coefficient (Wildman–Crippen LogP) is 4.69. The van der Waals surface area contributed by atoms with Gasteiger partial charge in [-0.2, -0.15) is 13.2 Å². The molecular formula is C12H9BrF3NOS. The molecule has 0 aliphatic heterocycles. The van der Waals surface area contributed by atoms with Gasteiger partial charge in [0.2, 0.25) is 0 Å². The number of anilines is 1. The molecule has 1 aromatic heterocycles. The number of hydrogen-bond donors (Lipinski definition) is 1. The Morgan fingerprint density at radius 1 is 1.21 bits per heavy atom. The van der Waals surface area contributed by atoms with Crippen molar-refractivity contribution in [2.45, 2.75) is 12.8 Å². The van der Waals surface area contributed by atoms with Crippen LogP contribution in [0, 0.1) is 0 Å². The second-order valence-electron chi connectivity index (χ2n) is 3.74. The van der Waals surface area contributed by atoms with E-state index in [1.807, 2.05) is 12.1 Å². The Labute approximate surface area is 120 Å². The molecule has 0 spiro atoms. The maximum atomic E-state index is 12.5. The lowest BCUT2D eigenvalue weighted by atomic mass is 10.2. The number of halogens is 4. The maximum Gasteiger partial charge on any atom is 0.416 e. The summed E-state index contributed by atoms with van der Waals surface area (Å²) in [6.07, 6.45) is -4.40. The molecule has 0 saturated carbocycles. The molecule has 0 aliphatic carbocycles. The van der Waals surface area contributed by atoms with Gasteiger partial charge in [-0.15, -0.1) is 11.3 Å². The first-order valence-corrected chi connectivity index (χ1v) is 6.81. The Morgan fingerprint density at radius 3 is 2.47 bits per heavy atom. The minimum Gasteiger partial charge on any atom is -0.486 e. The Morgan fingerprint density at radius 2 is 1.95 bits per heavy atom. The molecule has 0 saturated heterocycles. The first kappa shape index (κ1) is 14.2. The molecular weight excluding hydrogens is 343 g/mol. The second-order valence-corrected chi connectivity index (χ2v) is 6.29. The zero-order valence-electron chi connectivity index (χ0n) is 9.50. The average molecular weight is 352 g/mol. The van der Waals surface area contributed by atoms with Crippen LogP contribution >= 0.6 is 27.3 Å². The summed E-state index contributed by atoms with van der Waals surface area (Å²) in [7, 11) is 0. The van der Waals surface area contributed by atoms with Gasteiger partial charge >= 0.3 is 6.18 Å². The summed E-state index contributed by atoms with van der Waals surface area (Å²) in [5.41, 5.74) is 4.75. The number of thiophene rings is 1. The van der Waals surface area contributed by atoms with Crippen LogP contribution in [0.3, 0.4) is 0 Å². The van der Waals surface area contributed by atoms with E-state index in [4.69, 9.17) is 10.5 Å². The number of nitrogen functional groups attached to an aromatic ring is 1. The molecule has 0 bridgehead atoms. The van der Waals surface area contributed by atoms with Crippen molar-refractivity contribution in [3.63, 3.8) is 0 Å². The van der Waals surface area contributed by atoms with E-state index in [1.165, 1.54) is 17.4 Å². The monoisotopic (exact) mass is 351 g/mol. The zero-order chi connectivity index (χ0) is 14.0. The summed E-state index contributed by atoms with van der Waals surface area (Å²) in [4.78, 5) is 0.950. The molecule has 2 nitrogen and oxygen atoms in total. The summed E-state index contributed by atoms with van der Waals surface area (Å²) in [5.74, 6) is 0.248. The Balaban J connectivity index is 2.09. The number of ether oxygens (including phenoxy) is 1. The molecule has 19 heavy (non-hydrogen) atoms. The highest BCUT2D eigenvalue weighted by atomic mass is 79.9. The fraction of sp³-hybridized carbons (Fsp3) is 0.167. The van der Waals surface area contributed by atoms with Crippen LogP contribution in [0.1, 0.15) is 10.4 Å². The molecule has 0 amide bonds. The van der Waals surface area contributed by atoms with Crippen molar-refractivity contribution in [3.05, 3.63) is 44.6 Å². The third kappa shape index (κ3) is 3.63. The van der Waals surface area contributed by atoms with Gasteiger partial charge in [-0.3, -0.25) is 0 Å². The van der Waals surface area contributed by atoms with Crippen molar-refractivity contribution >= 4 is 33.0 Å². The molecule has 0 unspecified atom stereocenters. The highest BCUT2D eigenvalue weighted by Gasteiger charge is 2.30. The fourth-order valence-corrected chi connectivity index (χ4v) is 2.83. The predicted molar refractivity (Wildman–Crippen MR) is 72.2 cm³/mol. The molecule has 2 rings (SSSR count). The van der Waals surface area contributed by atoms with E-state index in [9.17, 15) is 13.2 Å². The van der Waals surface area contributed by atoms with Gasteiger partial charge in [0, 0.05) is 4.88 Å². The SMILES string of the molecule is Nc1cc(C(F)(F)F)ccc1OCc1ccc(Br)s1. The first-order valence-electron chi connectivity index (χ1n) is 5.20. The molecule has 0 atom stereocenters. The molecule has 0 fully saturated rings. The van der Waals surface area contributed by atoms with Crippen LogP contribution < -0.4 is 10.5 Å². The van der Waals surface area contributed by atoms with E-state index in [0.717, 1.165) is 20.8 Å². The molecule has 0 radical (unpaired) electrons. The average Bonchev–Trinajstić information content (AvgIpc) is 2.72. The standard InChI is InChI=1S/C12H9BrF3NOS/c13-11-4-2-8(19-11)6-18-10-3-1-7(5-9(10)17)12(14,15)16/h1-5H,6,17H2. The number of alkyl halides is 3. The van der Waals surface area contributed by atoms with Crippen LogP contribution in [0.2, 0.25) is 0 Å². The van der Waals surface area contributed by atoms with Crippen molar-refractivity contribution in [2.75, 3.05) is 5.73 Å². The minimum atomic E-state index is -4.40. The van der Waals surface area contributed by atoms with E-state index >= 15 is 0 Å². The van der Waals surface area contributed by atoms with Crippen molar-refractivity contribution in [3.8, 4) is 5.75 Å². The lowest BCUT2D eigenvalue weighted by Crippen LogP contribution is -2.06. The van der Waals surface area contributed by atoms with Gasteiger partial charge in [0.15, 0.2) is 0 Å². The first-order chi connectivity index (χ1) is 8.86. The van der Waals surface area contributed by atoms with Crippen LogP contribution in [0.4, 0.5) is 18.9 Å². The van der Waals surface area contributed by atoms with E-state index in [1.54, 1.807) is 0 Å². The number of rotatable bonds is 3. The summed E-state index contributed by atoms with van der Waals surface area (Å²) in [6.45, 7) is 0.270.